The van der Waals surface area contributed by atoms with E-state index >= 15 is 0 Å². The van der Waals surface area contributed by atoms with Crippen LogP contribution >= 0.6 is 50.2 Å². The van der Waals surface area contributed by atoms with Crippen LogP contribution < -0.4 is 4.90 Å². The number of carbonyl (C=O) groups excluding carboxylic acids is 1. The number of carbonyl (C=O) groups is 1. The molecule has 2 aromatic heterocycles. The Morgan fingerprint density at radius 2 is 1.88 bits per heavy atom. The first kappa shape index (κ1) is 17.7. The molecule has 2 heterocycles. The number of nitrogens with zero attached hydrogens (tertiary/aromatic N) is 2. The molecule has 1 amide bonds. The molecule has 4 rings (SSSR count). The average molecular weight is 464 g/mol. The van der Waals surface area contributed by atoms with Gasteiger partial charge in [0.15, 0.2) is 5.13 Å². The second-order valence-corrected chi connectivity index (χ2v) is 9.23. The van der Waals surface area contributed by atoms with Crippen molar-refractivity contribution in [2.24, 2.45) is 0 Å². The van der Waals surface area contributed by atoms with E-state index < -0.39 is 0 Å². The number of thiophene rings is 1. The minimum absolute atomic E-state index is 0.0936. The molecule has 3 nitrogen and oxygen atoms in total. The summed E-state index contributed by atoms with van der Waals surface area (Å²) in [4.78, 5) is 20.1. The van der Waals surface area contributed by atoms with E-state index in [-0.39, 0.29) is 5.91 Å². The van der Waals surface area contributed by atoms with Gasteiger partial charge in [-0.25, -0.2) is 4.98 Å². The number of benzene rings is 2. The summed E-state index contributed by atoms with van der Waals surface area (Å²) in [6.45, 7) is 0.455. The van der Waals surface area contributed by atoms with E-state index in [1.165, 1.54) is 22.7 Å². The topological polar surface area (TPSA) is 33.2 Å². The first-order valence-electron chi connectivity index (χ1n) is 7.77. The Morgan fingerprint density at radius 3 is 2.62 bits per heavy atom. The van der Waals surface area contributed by atoms with Gasteiger partial charge in [-0.3, -0.25) is 9.69 Å². The number of amides is 1. The predicted molar refractivity (Wildman–Crippen MR) is 114 cm³/mol. The third-order valence-corrected chi connectivity index (χ3v) is 6.54. The fourth-order valence-corrected chi connectivity index (χ4v) is 5.06. The monoisotopic (exact) mass is 462 g/mol. The Morgan fingerprint density at radius 1 is 1.08 bits per heavy atom. The molecule has 2 aromatic carbocycles. The summed E-state index contributed by atoms with van der Waals surface area (Å²) >= 11 is 12.3. The molecule has 0 aliphatic heterocycles. The average Bonchev–Trinajstić information content (AvgIpc) is 3.25. The SMILES string of the molecule is O=C(c1ccc(Cl)s1)N(Cc1ccccc1)c1nc2ccc(Br)cc2s1. The number of anilines is 1. The summed E-state index contributed by atoms with van der Waals surface area (Å²) in [6, 6.07) is 19.3. The van der Waals surface area contributed by atoms with Crippen molar-refractivity contribution in [1.82, 2.24) is 4.98 Å². The second kappa shape index (κ2) is 7.48. The first-order valence-corrected chi connectivity index (χ1v) is 10.6. The lowest BCUT2D eigenvalue weighted by Gasteiger charge is -2.19. The predicted octanol–water partition coefficient (Wildman–Crippen LogP) is 6.62. The molecule has 0 atom stereocenters. The summed E-state index contributed by atoms with van der Waals surface area (Å²) in [5.41, 5.74) is 1.92. The second-order valence-electron chi connectivity index (χ2n) is 5.59. The van der Waals surface area contributed by atoms with Gasteiger partial charge in [0.1, 0.15) is 0 Å². The lowest BCUT2D eigenvalue weighted by molar-refractivity contribution is 0.0989. The van der Waals surface area contributed by atoms with E-state index in [1.54, 1.807) is 17.0 Å². The van der Waals surface area contributed by atoms with Crippen molar-refractivity contribution >= 4 is 71.5 Å². The molecule has 0 fully saturated rings. The van der Waals surface area contributed by atoms with E-state index in [0.717, 1.165) is 20.3 Å². The number of hydrogen-bond donors (Lipinski definition) is 0. The molecule has 130 valence electrons. The molecule has 26 heavy (non-hydrogen) atoms. The van der Waals surface area contributed by atoms with E-state index in [1.807, 2.05) is 48.5 Å². The summed E-state index contributed by atoms with van der Waals surface area (Å²) in [7, 11) is 0. The highest BCUT2D eigenvalue weighted by Gasteiger charge is 2.23. The van der Waals surface area contributed by atoms with E-state index in [4.69, 9.17) is 11.6 Å². The quantitative estimate of drug-likeness (QED) is 0.341. The van der Waals surface area contributed by atoms with Gasteiger partial charge in [0.2, 0.25) is 0 Å². The van der Waals surface area contributed by atoms with Crippen LogP contribution in [0.5, 0.6) is 0 Å². The van der Waals surface area contributed by atoms with Gasteiger partial charge in [-0.1, -0.05) is 69.2 Å². The van der Waals surface area contributed by atoms with Gasteiger partial charge >= 0.3 is 0 Å². The van der Waals surface area contributed by atoms with Crippen LogP contribution in [0, 0.1) is 0 Å². The number of hydrogen-bond acceptors (Lipinski definition) is 4. The molecule has 0 aliphatic rings. The van der Waals surface area contributed by atoms with Crippen molar-refractivity contribution in [3.05, 3.63) is 79.9 Å². The molecule has 0 saturated carbocycles. The number of aromatic nitrogens is 1. The Balaban J connectivity index is 1.76. The number of thiazole rings is 1. The van der Waals surface area contributed by atoms with Gasteiger partial charge in [0, 0.05) is 4.47 Å². The Kier molecular flexibility index (Phi) is 5.09. The zero-order chi connectivity index (χ0) is 18.1. The highest BCUT2D eigenvalue weighted by atomic mass is 79.9. The molecule has 0 spiro atoms. The molecule has 0 saturated heterocycles. The minimum atomic E-state index is -0.0936. The summed E-state index contributed by atoms with van der Waals surface area (Å²) in [5.74, 6) is -0.0936. The maximum atomic E-state index is 13.1. The molecule has 0 N–H and O–H groups in total. The van der Waals surface area contributed by atoms with Crippen molar-refractivity contribution < 1.29 is 4.79 Å². The van der Waals surface area contributed by atoms with Gasteiger partial charge in [-0.2, -0.15) is 0 Å². The van der Waals surface area contributed by atoms with Gasteiger partial charge in [-0.15, -0.1) is 11.3 Å². The van der Waals surface area contributed by atoms with Crippen molar-refractivity contribution in [1.29, 1.82) is 0 Å². The van der Waals surface area contributed by atoms with Gasteiger partial charge in [0.25, 0.3) is 5.91 Å². The minimum Gasteiger partial charge on any atom is -0.279 e. The maximum Gasteiger partial charge on any atom is 0.270 e. The van der Waals surface area contributed by atoms with Crippen LogP contribution in [0.15, 0.2) is 65.1 Å². The third-order valence-electron chi connectivity index (χ3n) is 3.78. The maximum absolute atomic E-state index is 13.1. The van der Waals surface area contributed by atoms with Gasteiger partial charge in [0.05, 0.1) is 26.0 Å². The van der Waals surface area contributed by atoms with Crippen LogP contribution in [0.2, 0.25) is 4.34 Å². The zero-order valence-corrected chi connectivity index (χ0v) is 17.3. The fourth-order valence-electron chi connectivity index (χ4n) is 2.56. The van der Waals surface area contributed by atoms with Crippen LogP contribution in [0.4, 0.5) is 5.13 Å². The Hall–Kier alpha value is -1.73. The van der Waals surface area contributed by atoms with Crippen LogP contribution in [-0.2, 0) is 6.54 Å². The number of halogens is 2. The largest absolute Gasteiger partial charge is 0.279 e. The molecule has 0 aliphatic carbocycles. The molecule has 7 heteroatoms. The zero-order valence-electron chi connectivity index (χ0n) is 13.4. The van der Waals surface area contributed by atoms with Crippen LogP contribution in [-0.4, -0.2) is 10.9 Å². The van der Waals surface area contributed by atoms with E-state index in [0.29, 0.717) is 20.9 Å². The van der Waals surface area contributed by atoms with Crippen molar-refractivity contribution in [2.75, 3.05) is 4.90 Å². The van der Waals surface area contributed by atoms with Crippen LogP contribution in [0.1, 0.15) is 15.2 Å². The van der Waals surface area contributed by atoms with Gasteiger partial charge in [-0.05, 0) is 35.9 Å². The third kappa shape index (κ3) is 3.69. The molecular formula is C19H12BrClN2OS2. The standard InChI is InChI=1S/C19H12BrClN2OS2/c20-13-6-7-14-16(10-13)26-19(22-14)23(11-12-4-2-1-3-5-12)18(24)15-8-9-17(21)25-15/h1-10H,11H2. The highest BCUT2D eigenvalue weighted by Crippen LogP contribution is 2.33. The van der Waals surface area contributed by atoms with Crippen LogP contribution in [0.3, 0.4) is 0 Å². The summed E-state index contributed by atoms with van der Waals surface area (Å²) in [6.07, 6.45) is 0. The van der Waals surface area contributed by atoms with E-state index in [2.05, 4.69) is 20.9 Å². The summed E-state index contributed by atoms with van der Waals surface area (Å²) < 4.78 is 2.62. The normalized spacial score (nSPS) is 11.0. The Bertz CT molecular complexity index is 1080. The van der Waals surface area contributed by atoms with Crippen LogP contribution in [0.25, 0.3) is 10.2 Å². The van der Waals surface area contributed by atoms with Gasteiger partial charge < -0.3 is 0 Å². The molecular weight excluding hydrogens is 452 g/mol. The number of rotatable bonds is 4. The van der Waals surface area contributed by atoms with E-state index in [9.17, 15) is 4.79 Å². The molecule has 0 radical (unpaired) electrons. The highest BCUT2D eigenvalue weighted by molar-refractivity contribution is 9.10. The fraction of sp³-hybridized carbons (Fsp3) is 0.0526. The van der Waals surface area contributed by atoms with Crippen molar-refractivity contribution in [3.63, 3.8) is 0 Å². The summed E-state index contributed by atoms with van der Waals surface area (Å²) in [5, 5.41) is 0.677. The number of fused-ring (bicyclic) bond motifs is 1. The first-order chi connectivity index (χ1) is 12.6. The molecule has 4 aromatic rings. The van der Waals surface area contributed by atoms with Crippen molar-refractivity contribution in [3.8, 4) is 0 Å². The molecule has 0 unspecified atom stereocenters. The molecule has 0 bridgehead atoms. The smallest absolute Gasteiger partial charge is 0.270 e. The lowest BCUT2D eigenvalue weighted by Crippen LogP contribution is -2.29. The Labute approximate surface area is 172 Å². The lowest BCUT2D eigenvalue weighted by atomic mass is 10.2. The van der Waals surface area contributed by atoms with Crippen molar-refractivity contribution in [2.45, 2.75) is 6.54 Å².